The van der Waals surface area contributed by atoms with Gasteiger partial charge < -0.3 is 14.6 Å². The van der Waals surface area contributed by atoms with Crippen LogP contribution in [0.3, 0.4) is 0 Å². The lowest BCUT2D eigenvalue weighted by Gasteiger charge is -2.08. The molecule has 6 nitrogen and oxygen atoms in total. The van der Waals surface area contributed by atoms with Crippen molar-refractivity contribution in [3.8, 4) is 0 Å². The molecule has 2 aromatic heterocycles. The molecule has 0 radical (unpaired) electrons. The summed E-state index contributed by atoms with van der Waals surface area (Å²) in [4.78, 5) is 29.7. The highest BCUT2D eigenvalue weighted by Crippen LogP contribution is 2.33. The Kier molecular flexibility index (Phi) is 7.07. The summed E-state index contributed by atoms with van der Waals surface area (Å²) in [5, 5.41) is 4.22. The summed E-state index contributed by atoms with van der Waals surface area (Å²) < 4.78 is 7.13. The lowest BCUT2D eigenvalue weighted by atomic mass is 10.1. The van der Waals surface area contributed by atoms with Gasteiger partial charge in [0.15, 0.2) is 5.16 Å². The highest BCUT2D eigenvalue weighted by Gasteiger charge is 2.22. The molecule has 0 atom stereocenters. The molecule has 0 aromatic carbocycles. The van der Waals surface area contributed by atoms with E-state index in [0.717, 1.165) is 28.6 Å². The number of hydrogen-bond donors (Lipinski definition) is 1. The Balaban J connectivity index is 2.04. The van der Waals surface area contributed by atoms with E-state index in [0.29, 0.717) is 17.2 Å². The summed E-state index contributed by atoms with van der Waals surface area (Å²) in [5.41, 5.74) is 1.31. The van der Waals surface area contributed by atoms with Gasteiger partial charge in [0.1, 0.15) is 5.00 Å². The smallest absolute Gasteiger partial charge is 0.341 e. The maximum Gasteiger partial charge on any atom is 0.341 e. The fraction of sp³-hybridized carbons (Fsp3) is 0.471. The second kappa shape index (κ2) is 9.05. The van der Waals surface area contributed by atoms with Gasteiger partial charge in [-0.25, -0.2) is 9.78 Å². The van der Waals surface area contributed by atoms with E-state index in [2.05, 4.69) is 17.2 Å². The summed E-state index contributed by atoms with van der Waals surface area (Å²) in [7, 11) is 0. The van der Waals surface area contributed by atoms with Gasteiger partial charge in [0.2, 0.25) is 5.91 Å². The van der Waals surface area contributed by atoms with Gasteiger partial charge in [-0.15, -0.1) is 11.3 Å². The fourth-order valence-corrected chi connectivity index (χ4v) is 4.15. The van der Waals surface area contributed by atoms with Crippen molar-refractivity contribution in [2.75, 3.05) is 17.7 Å². The second-order valence-corrected chi connectivity index (χ2v) is 7.62. The minimum Gasteiger partial charge on any atom is -0.462 e. The number of thiophene rings is 1. The molecule has 2 heterocycles. The number of ether oxygens (including phenoxy) is 1. The molecule has 0 unspecified atom stereocenters. The van der Waals surface area contributed by atoms with E-state index in [4.69, 9.17) is 4.74 Å². The second-order valence-electron chi connectivity index (χ2n) is 5.45. The first-order valence-corrected chi connectivity index (χ1v) is 9.99. The van der Waals surface area contributed by atoms with Gasteiger partial charge in [-0.3, -0.25) is 4.79 Å². The van der Waals surface area contributed by atoms with Crippen LogP contribution in [0.4, 0.5) is 5.00 Å². The van der Waals surface area contributed by atoms with Crippen molar-refractivity contribution >= 4 is 40.0 Å². The molecule has 25 heavy (non-hydrogen) atoms. The van der Waals surface area contributed by atoms with Crippen LogP contribution in [0.25, 0.3) is 0 Å². The number of esters is 1. The van der Waals surface area contributed by atoms with E-state index in [9.17, 15) is 9.59 Å². The number of nitrogens with one attached hydrogen (secondary N) is 1. The molecule has 0 bridgehead atoms. The normalized spacial score (nSPS) is 10.7. The number of carbonyl (C=O) groups is 2. The molecule has 0 aliphatic rings. The van der Waals surface area contributed by atoms with Crippen molar-refractivity contribution < 1.29 is 14.3 Å². The third-order valence-electron chi connectivity index (χ3n) is 3.59. The van der Waals surface area contributed by atoms with Gasteiger partial charge >= 0.3 is 5.97 Å². The van der Waals surface area contributed by atoms with Gasteiger partial charge in [0.05, 0.1) is 17.9 Å². The van der Waals surface area contributed by atoms with Crippen LogP contribution in [0.5, 0.6) is 0 Å². The Morgan fingerprint density at radius 2 is 2.12 bits per heavy atom. The number of nitrogens with zero attached hydrogens (tertiary/aromatic N) is 2. The Bertz CT molecular complexity index is 752. The summed E-state index contributed by atoms with van der Waals surface area (Å²) in [6, 6.07) is 0. The van der Waals surface area contributed by atoms with E-state index in [1.54, 1.807) is 13.1 Å². The molecule has 0 aliphatic carbocycles. The predicted molar refractivity (Wildman–Crippen MR) is 102 cm³/mol. The van der Waals surface area contributed by atoms with Crippen LogP contribution < -0.4 is 5.32 Å². The van der Waals surface area contributed by atoms with Crippen molar-refractivity contribution in [3.05, 3.63) is 28.4 Å². The fourth-order valence-electron chi connectivity index (χ4n) is 2.30. The number of thioether (sulfide) groups is 1. The van der Waals surface area contributed by atoms with E-state index in [-0.39, 0.29) is 11.7 Å². The average molecular weight is 382 g/mol. The first-order chi connectivity index (χ1) is 12.0. The number of rotatable bonds is 8. The summed E-state index contributed by atoms with van der Waals surface area (Å²) in [6.07, 6.45) is 4.65. The number of amides is 1. The Hall–Kier alpha value is -1.80. The van der Waals surface area contributed by atoms with E-state index < -0.39 is 5.97 Å². The third-order valence-corrected chi connectivity index (χ3v) is 5.72. The first kappa shape index (κ1) is 19.5. The number of hydrogen-bond acceptors (Lipinski definition) is 6. The number of aryl methyl sites for hydroxylation is 2. The molecule has 136 valence electrons. The molecule has 0 saturated carbocycles. The van der Waals surface area contributed by atoms with Crippen molar-refractivity contribution in [1.29, 1.82) is 0 Å². The number of aromatic nitrogens is 2. The molecule has 1 amide bonds. The number of anilines is 1. The zero-order chi connectivity index (χ0) is 18.4. The molecule has 0 fully saturated rings. The van der Waals surface area contributed by atoms with Crippen LogP contribution in [0.1, 0.15) is 41.1 Å². The minimum atomic E-state index is -0.397. The highest BCUT2D eigenvalue weighted by atomic mass is 32.2. The zero-order valence-electron chi connectivity index (χ0n) is 14.9. The lowest BCUT2D eigenvalue weighted by Crippen LogP contribution is -2.16. The summed E-state index contributed by atoms with van der Waals surface area (Å²) >= 11 is 2.78. The van der Waals surface area contributed by atoms with Crippen molar-refractivity contribution in [3.63, 3.8) is 0 Å². The Morgan fingerprint density at radius 1 is 1.36 bits per heavy atom. The van der Waals surface area contributed by atoms with Gasteiger partial charge in [-0.05, 0) is 32.8 Å². The molecule has 0 spiro atoms. The van der Waals surface area contributed by atoms with E-state index in [1.165, 1.54) is 23.1 Å². The molecule has 0 aliphatic heterocycles. The van der Waals surface area contributed by atoms with Crippen LogP contribution in [0, 0.1) is 13.8 Å². The lowest BCUT2D eigenvalue weighted by molar-refractivity contribution is -0.113. The molecular formula is C17H23N3O3S2. The quantitative estimate of drug-likeness (QED) is 0.555. The van der Waals surface area contributed by atoms with Crippen LogP contribution in [-0.2, 0) is 16.1 Å². The van der Waals surface area contributed by atoms with Crippen LogP contribution >= 0.6 is 23.1 Å². The first-order valence-electron chi connectivity index (χ1n) is 8.18. The SMILES string of the molecule is CCCn1ccnc1SCC(=O)Nc1sc(C)c(C)c1C(=O)OCC. The maximum atomic E-state index is 12.3. The summed E-state index contributed by atoms with van der Waals surface area (Å²) in [5.74, 6) is -0.326. The topological polar surface area (TPSA) is 73.2 Å². The predicted octanol–water partition coefficient (Wildman–Crippen LogP) is 3.88. The Labute approximate surface area is 156 Å². The van der Waals surface area contributed by atoms with Gasteiger partial charge in [-0.2, -0.15) is 0 Å². The number of imidazole rings is 1. The molecule has 2 aromatic rings. The van der Waals surface area contributed by atoms with Crippen LogP contribution in [0.2, 0.25) is 0 Å². The largest absolute Gasteiger partial charge is 0.462 e. The van der Waals surface area contributed by atoms with E-state index in [1.807, 2.05) is 24.6 Å². The van der Waals surface area contributed by atoms with Gasteiger partial charge in [-0.1, -0.05) is 18.7 Å². The molecule has 0 saturated heterocycles. The standard InChI is InChI=1S/C17H23N3O3S2/c1-5-8-20-9-7-18-17(20)24-10-13(21)19-15-14(16(22)23-6-2)11(3)12(4)25-15/h7,9H,5-6,8,10H2,1-4H3,(H,19,21). The molecular weight excluding hydrogens is 358 g/mol. The highest BCUT2D eigenvalue weighted by molar-refractivity contribution is 7.99. The Morgan fingerprint density at radius 3 is 2.80 bits per heavy atom. The van der Waals surface area contributed by atoms with Crippen LogP contribution in [-0.4, -0.2) is 33.8 Å². The zero-order valence-corrected chi connectivity index (χ0v) is 16.6. The van der Waals surface area contributed by atoms with Crippen LogP contribution in [0.15, 0.2) is 17.6 Å². The van der Waals surface area contributed by atoms with Gasteiger partial charge in [0.25, 0.3) is 0 Å². The van der Waals surface area contributed by atoms with Gasteiger partial charge in [0, 0.05) is 23.8 Å². The van der Waals surface area contributed by atoms with E-state index >= 15 is 0 Å². The minimum absolute atomic E-state index is 0.164. The monoisotopic (exact) mass is 381 g/mol. The average Bonchev–Trinajstić information content (AvgIpc) is 3.11. The van der Waals surface area contributed by atoms with Crippen molar-refractivity contribution in [1.82, 2.24) is 9.55 Å². The third kappa shape index (κ3) is 4.85. The molecule has 2 rings (SSSR count). The maximum absolute atomic E-state index is 12.3. The summed E-state index contributed by atoms with van der Waals surface area (Å²) in [6.45, 7) is 8.83. The molecule has 1 N–H and O–H groups in total. The van der Waals surface area contributed by atoms with Crippen molar-refractivity contribution in [2.45, 2.75) is 45.8 Å². The molecule has 8 heteroatoms. The van der Waals surface area contributed by atoms with Crippen molar-refractivity contribution in [2.24, 2.45) is 0 Å². The number of carbonyl (C=O) groups excluding carboxylic acids is 2.